The van der Waals surface area contributed by atoms with E-state index in [1.54, 1.807) is 35.6 Å². The Balaban J connectivity index is 1.17. The summed E-state index contributed by atoms with van der Waals surface area (Å²) in [5.74, 6) is -0.0168. The Kier molecular flexibility index (Phi) is 7.09. The molecule has 0 fully saturated rings. The SMILES string of the molecule is O=C(CCCCc1nc2ccccc2s1)Nc1ccc(NC(=O)Nc2ccccc2)cc1. The first-order valence-corrected chi connectivity index (χ1v) is 11.3. The number of nitrogens with one attached hydrogen (secondary N) is 3. The summed E-state index contributed by atoms with van der Waals surface area (Å²) in [4.78, 5) is 28.9. The normalized spacial score (nSPS) is 10.6. The fourth-order valence-electron chi connectivity index (χ4n) is 3.26. The summed E-state index contributed by atoms with van der Waals surface area (Å²) >= 11 is 1.72. The molecule has 0 saturated heterocycles. The molecular weight excluding hydrogens is 420 g/mol. The van der Waals surface area contributed by atoms with Crippen molar-refractivity contribution in [3.63, 3.8) is 0 Å². The van der Waals surface area contributed by atoms with E-state index < -0.39 is 0 Å². The molecule has 1 aromatic heterocycles. The number of amides is 3. The average Bonchev–Trinajstić information content (AvgIpc) is 3.22. The number of nitrogens with zero attached hydrogens (tertiary/aromatic N) is 1. The van der Waals surface area contributed by atoms with Crippen LogP contribution in [0.15, 0.2) is 78.9 Å². The fraction of sp³-hybridized carbons (Fsp3) is 0.160. The van der Waals surface area contributed by atoms with Crippen LogP contribution in [0, 0.1) is 0 Å². The molecule has 0 bridgehead atoms. The molecule has 0 saturated carbocycles. The van der Waals surface area contributed by atoms with Crippen molar-refractivity contribution in [1.29, 1.82) is 0 Å². The van der Waals surface area contributed by atoms with E-state index in [0.29, 0.717) is 17.8 Å². The maximum atomic E-state index is 12.2. The summed E-state index contributed by atoms with van der Waals surface area (Å²) in [7, 11) is 0. The minimum Gasteiger partial charge on any atom is -0.326 e. The van der Waals surface area contributed by atoms with E-state index in [-0.39, 0.29) is 11.9 Å². The van der Waals surface area contributed by atoms with E-state index in [4.69, 9.17) is 0 Å². The molecule has 0 unspecified atom stereocenters. The third-order valence-corrected chi connectivity index (χ3v) is 5.94. The predicted molar refractivity (Wildman–Crippen MR) is 131 cm³/mol. The standard InChI is InChI=1S/C25H24N4O2S/c30-23(12-6-7-13-24-29-21-10-4-5-11-22(21)32-24)26-19-14-16-20(17-15-19)28-25(31)27-18-8-2-1-3-9-18/h1-5,8-11,14-17H,6-7,12-13H2,(H,26,30)(H2,27,28,31). The lowest BCUT2D eigenvalue weighted by Gasteiger charge is -2.09. The van der Waals surface area contributed by atoms with Crippen molar-refractivity contribution in [2.24, 2.45) is 0 Å². The highest BCUT2D eigenvalue weighted by molar-refractivity contribution is 7.18. The number of fused-ring (bicyclic) bond motifs is 1. The number of benzene rings is 3. The smallest absolute Gasteiger partial charge is 0.323 e. The summed E-state index contributed by atoms with van der Waals surface area (Å²) in [5, 5.41) is 9.55. The molecular formula is C25H24N4O2S. The third-order valence-electron chi connectivity index (χ3n) is 4.84. The summed E-state index contributed by atoms with van der Waals surface area (Å²) in [5.41, 5.74) is 3.11. The van der Waals surface area contributed by atoms with Gasteiger partial charge in [-0.2, -0.15) is 0 Å². The molecule has 0 atom stereocenters. The lowest BCUT2D eigenvalue weighted by molar-refractivity contribution is -0.116. The number of rotatable bonds is 8. The van der Waals surface area contributed by atoms with Crippen LogP contribution in [0.25, 0.3) is 10.2 Å². The van der Waals surface area contributed by atoms with Gasteiger partial charge < -0.3 is 16.0 Å². The molecule has 3 amide bonds. The predicted octanol–water partition coefficient (Wildman–Crippen LogP) is 6.29. The largest absolute Gasteiger partial charge is 0.326 e. The number of unbranched alkanes of at least 4 members (excludes halogenated alkanes) is 1. The molecule has 0 radical (unpaired) electrons. The van der Waals surface area contributed by atoms with E-state index in [9.17, 15) is 9.59 Å². The number of anilines is 3. The quantitative estimate of drug-likeness (QED) is 0.279. The number of aromatic nitrogens is 1. The zero-order valence-electron chi connectivity index (χ0n) is 17.5. The average molecular weight is 445 g/mol. The maximum Gasteiger partial charge on any atom is 0.323 e. The van der Waals surface area contributed by atoms with Crippen LogP contribution in [-0.2, 0) is 11.2 Å². The van der Waals surface area contributed by atoms with Gasteiger partial charge in [-0.3, -0.25) is 4.79 Å². The Labute approximate surface area is 190 Å². The highest BCUT2D eigenvalue weighted by Crippen LogP contribution is 2.23. The highest BCUT2D eigenvalue weighted by Gasteiger charge is 2.07. The van der Waals surface area contributed by atoms with Crippen molar-refractivity contribution in [3.8, 4) is 0 Å². The number of aryl methyl sites for hydroxylation is 1. The van der Waals surface area contributed by atoms with Gasteiger partial charge in [0.2, 0.25) is 5.91 Å². The zero-order valence-corrected chi connectivity index (χ0v) is 18.3. The second kappa shape index (κ2) is 10.5. The van der Waals surface area contributed by atoms with Gasteiger partial charge in [0.15, 0.2) is 0 Å². The minimum absolute atomic E-state index is 0.0168. The van der Waals surface area contributed by atoms with Crippen molar-refractivity contribution >= 4 is 50.6 Å². The number of hydrogen-bond acceptors (Lipinski definition) is 4. The van der Waals surface area contributed by atoms with Crippen LogP contribution in [0.1, 0.15) is 24.3 Å². The Hall–Kier alpha value is -3.71. The van der Waals surface area contributed by atoms with Gasteiger partial charge in [-0.25, -0.2) is 9.78 Å². The molecule has 4 aromatic rings. The first-order valence-electron chi connectivity index (χ1n) is 10.5. The minimum atomic E-state index is -0.318. The van der Waals surface area contributed by atoms with E-state index in [1.807, 2.05) is 48.5 Å². The monoisotopic (exact) mass is 444 g/mol. The van der Waals surface area contributed by atoms with Crippen LogP contribution in [-0.4, -0.2) is 16.9 Å². The van der Waals surface area contributed by atoms with Gasteiger partial charge in [0, 0.05) is 23.5 Å². The van der Waals surface area contributed by atoms with Gasteiger partial charge in [0.05, 0.1) is 15.2 Å². The molecule has 6 nitrogen and oxygen atoms in total. The topological polar surface area (TPSA) is 83.1 Å². The van der Waals surface area contributed by atoms with E-state index >= 15 is 0 Å². The molecule has 0 aliphatic rings. The second-order valence-electron chi connectivity index (χ2n) is 7.35. The molecule has 0 aliphatic heterocycles. The Morgan fingerprint density at radius 2 is 1.34 bits per heavy atom. The number of para-hydroxylation sites is 2. The van der Waals surface area contributed by atoms with Crippen LogP contribution >= 0.6 is 11.3 Å². The lowest BCUT2D eigenvalue weighted by atomic mass is 10.2. The lowest BCUT2D eigenvalue weighted by Crippen LogP contribution is -2.19. The van der Waals surface area contributed by atoms with Crippen molar-refractivity contribution in [2.75, 3.05) is 16.0 Å². The summed E-state index contributed by atoms with van der Waals surface area (Å²) < 4.78 is 1.20. The first kappa shape index (κ1) is 21.5. The van der Waals surface area contributed by atoms with E-state index in [1.165, 1.54) is 4.70 Å². The van der Waals surface area contributed by atoms with Gasteiger partial charge in [0.1, 0.15) is 0 Å². The van der Waals surface area contributed by atoms with Crippen molar-refractivity contribution in [1.82, 2.24) is 4.98 Å². The number of hydrogen-bond donors (Lipinski definition) is 3. The number of carbonyl (C=O) groups is 2. The summed E-state index contributed by atoms with van der Waals surface area (Å²) in [6, 6.07) is 24.1. The van der Waals surface area contributed by atoms with Crippen LogP contribution < -0.4 is 16.0 Å². The van der Waals surface area contributed by atoms with Crippen molar-refractivity contribution < 1.29 is 9.59 Å². The molecule has 0 aliphatic carbocycles. The Morgan fingerprint density at radius 3 is 2.06 bits per heavy atom. The third kappa shape index (κ3) is 6.15. The molecule has 32 heavy (non-hydrogen) atoms. The van der Waals surface area contributed by atoms with Crippen molar-refractivity contribution in [2.45, 2.75) is 25.7 Å². The fourth-order valence-corrected chi connectivity index (χ4v) is 4.27. The second-order valence-corrected chi connectivity index (χ2v) is 8.47. The van der Waals surface area contributed by atoms with E-state index in [2.05, 4.69) is 27.0 Å². The van der Waals surface area contributed by atoms with Gasteiger partial charge in [-0.15, -0.1) is 11.3 Å². The number of carbonyl (C=O) groups excluding carboxylic acids is 2. The van der Waals surface area contributed by atoms with Gasteiger partial charge in [0.25, 0.3) is 0 Å². The van der Waals surface area contributed by atoms with E-state index in [0.717, 1.165) is 35.5 Å². The zero-order chi connectivity index (χ0) is 22.2. The summed E-state index contributed by atoms with van der Waals surface area (Å²) in [6.07, 6.45) is 3.08. The summed E-state index contributed by atoms with van der Waals surface area (Å²) in [6.45, 7) is 0. The molecule has 7 heteroatoms. The molecule has 162 valence electrons. The van der Waals surface area contributed by atoms with Crippen LogP contribution in [0.5, 0.6) is 0 Å². The number of urea groups is 1. The maximum absolute atomic E-state index is 12.2. The molecule has 3 aromatic carbocycles. The van der Waals surface area contributed by atoms with Gasteiger partial charge in [-0.1, -0.05) is 30.3 Å². The number of thiazole rings is 1. The molecule has 0 spiro atoms. The van der Waals surface area contributed by atoms with Crippen molar-refractivity contribution in [3.05, 3.63) is 83.9 Å². The molecule has 3 N–H and O–H groups in total. The van der Waals surface area contributed by atoms with Gasteiger partial charge in [-0.05, 0) is 67.8 Å². The highest BCUT2D eigenvalue weighted by atomic mass is 32.1. The molecule has 4 rings (SSSR count). The van der Waals surface area contributed by atoms with Crippen LogP contribution in [0.4, 0.5) is 21.9 Å². The first-order chi connectivity index (χ1) is 15.7. The molecule has 1 heterocycles. The van der Waals surface area contributed by atoms with Gasteiger partial charge >= 0.3 is 6.03 Å². The van der Waals surface area contributed by atoms with Crippen LogP contribution in [0.2, 0.25) is 0 Å². The van der Waals surface area contributed by atoms with Crippen LogP contribution in [0.3, 0.4) is 0 Å². The Bertz CT molecular complexity index is 1160. The Morgan fingerprint density at radius 1 is 0.719 bits per heavy atom.